The van der Waals surface area contributed by atoms with E-state index in [9.17, 15) is 14.9 Å². The van der Waals surface area contributed by atoms with Gasteiger partial charge in [-0.1, -0.05) is 24.3 Å². The van der Waals surface area contributed by atoms with Crippen molar-refractivity contribution >= 4 is 24.0 Å². The molecule has 35 heavy (non-hydrogen) atoms. The number of hydrogen-bond acceptors (Lipinski definition) is 7. The maximum atomic E-state index is 12.4. The lowest BCUT2D eigenvalue weighted by atomic mass is 10.1. The van der Waals surface area contributed by atoms with E-state index in [1.165, 1.54) is 31.6 Å². The van der Waals surface area contributed by atoms with E-state index in [-0.39, 0.29) is 23.6 Å². The fourth-order valence-electron chi connectivity index (χ4n) is 3.05. The minimum Gasteiger partial charge on any atom is -0.493 e. The van der Waals surface area contributed by atoms with Gasteiger partial charge in [-0.25, -0.2) is 4.79 Å². The number of amides is 1. The third-order valence-electron chi connectivity index (χ3n) is 4.70. The van der Waals surface area contributed by atoms with E-state index in [0.717, 1.165) is 5.56 Å². The Morgan fingerprint density at radius 2 is 1.91 bits per heavy atom. The number of ether oxygens (including phenoxy) is 3. The summed E-state index contributed by atoms with van der Waals surface area (Å²) < 4.78 is 21.4. The zero-order valence-corrected chi connectivity index (χ0v) is 19.3. The number of esters is 1. The maximum Gasteiger partial charge on any atom is 0.336 e. The molecule has 1 amide bonds. The van der Waals surface area contributed by atoms with Crippen molar-refractivity contribution in [3.8, 4) is 23.3 Å². The SMILES string of the molecule is CCOc1ccccc1/C=C/C(=O)Oc1ccc(/C=C(\C#N)C(=O)NCc2ccco2)cc1OC. The molecular formula is C27H24N2O6. The summed E-state index contributed by atoms with van der Waals surface area (Å²) in [5.41, 5.74) is 1.17. The van der Waals surface area contributed by atoms with E-state index in [4.69, 9.17) is 18.6 Å². The van der Waals surface area contributed by atoms with Gasteiger partial charge in [0.25, 0.3) is 5.91 Å². The largest absolute Gasteiger partial charge is 0.493 e. The van der Waals surface area contributed by atoms with Crippen molar-refractivity contribution in [3.05, 3.63) is 89.4 Å². The Morgan fingerprint density at radius 3 is 2.63 bits per heavy atom. The number of nitrogens with one attached hydrogen (secondary N) is 1. The number of furan rings is 1. The molecule has 0 spiro atoms. The number of nitrogens with zero attached hydrogens (tertiary/aromatic N) is 1. The van der Waals surface area contributed by atoms with Crippen LogP contribution in [0.25, 0.3) is 12.2 Å². The maximum absolute atomic E-state index is 12.4. The van der Waals surface area contributed by atoms with Crippen molar-refractivity contribution in [2.24, 2.45) is 0 Å². The van der Waals surface area contributed by atoms with Crippen molar-refractivity contribution in [2.45, 2.75) is 13.5 Å². The van der Waals surface area contributed by atoms with Crippen LogP contribution in [0.15, 0.2) is 76.9 Å². The number of methoxy groups -OCH3 is 1. The second-order valence-corrected chi connectivity index (χ2v) is 7.07. The molecule has 0 saturated heterocycles. The van der Waals surface area contributed by atoms with Gasteiger partial charge in [-0.15, -0.1) is 0 Å². The minimum absolute atomic E-state index is 0.0979. The van der Waals surface area contributed by atoms with Gasteiger partial charge in [-0.3, -0.25) is 4.79 Å². The van der Waals surface area contributed by atoms with Crippen LogP contribution in [-0.2, 0) is 16.1 Å². The number of rotatable bonds is 10. The summed E-state index contributed by atoms with van der Waals surface area (Å²) in [5.74, 6) is 0.540. The number of carbonyl (C=O) groups excluding carboxylic acids is 2. The van der Waals surface area contributed by atoms with E-state index >= 15 is 0 Å². The first kappa shape index (κ1) is 24.9. The number of para-hydroxylation sites is 1. The van der Waals surface area contributed by atoms with Gasteiger partial charge >= 0.3 is 5.97 Å². The van der Waals surface area contributed by atoms with Crippen LogP contribution in [0.1, 0.15) is 23.8 Å². The predicted octanol–water partition coefficient (Wildman–Crippen LogP) is 4.53. The number of nitriles is 1. The molecule has 2 aromatic carbocycles. The van der Waals surface area contributed by atoms with Crippen LogP contribution in [0.3, 0.4) is 0 Å². The summed E-state index contributed by atoms with van der Waals surface area (Å²) in [6.07, 6.45) is 5.81. The highest BCUT2D eigenvalue weighted by Crippen LogP contribution is 2.29. The second-order valence-electron chi connectivity index (χ2n) is 7.07. The van der Waals surface area contributed by atoms with Gasteiger partial charge in [0.05, 0.1) is 26.5 Å². The summed E-state index contributed by atoms with van der Waals surface area (Å²) in [5, 5.41) is 12.0. The lowest BCUT2D eigenvalue weighted by Gasteiger charge is -2.09. The first-order valence-corrected chi connectivity index (χ1v) is 10.8. The fourth-order valence-corrected chi connectivity index (χ4v) is 3.05. The molecule has 1 heterocycles. The monoisotopic (exact) mass is 472 g/mol. The first-order chi connectivity index (χ1) is 17.0. The normalized spacial score (nSPS) is 11.1. The Morgan fingerprint density at radius 1 is 1.09 bits per heavy atom. The summed E-state index contributed by atoms with van der Waals surface area (Å²) >= 11 is 0. The van der Waals surface area contributed by atoms with Gasteiger partial charge in [0, 0.05) is 11.6 Å². The Labute approximate surface area is 203 Å². The Kier molecular flexibility index (Phi) is 8.85. The molecule has 1 aromatic heterocycles. The lowest BCUT2D eigenvalue weighted by Crippen LogP contribution is -2.23. The quantitative estimate of drug-likeness (QED) is 0.200. The van der Waals surface area contributed by atoms with Gasteiger partial charge in [-0.05, 0) is 55.0 Å². The molecule has 0 aliphatic heterocycles. The van der Waals surface area contributed by atoms with Crippen LogP contribution < -0.4 is 19.5 Å². The molecule has 0 fully saturated rings. The highest BCUT2D eigenvalue weighted by atomic mass is 16.6. The zero-order chi connectivity index (χ0) is 25.0. The molecule has 8 heteroatoms. The third kappa shape index (κ3) is 7.11. The van der Waals surface area contributed by atoms with E-state index in [2.05, 4.69) is 5.32 Å². The lowest BCUT2D eigenvalue weighted by molar-refractivity contribution is -0.129. The summed E-state index contributed by atoms with van der Waals surface area (Å²) in [6, 6.07) is 17.3. The molecule has 0 atom stereocenters. The standard InChI is InChI=1S/C27H24N2O6/c1-3-33-23-9-5-4-7-20(23)11-13-26(30)35-24-12-10-19(16-25(24)32-2)15-21(17-28)27(31)29-18-22-8-6-14-34-22/h4-16H,3,18H2,1-2H3,(H,29,31)/b13-11+,21-15+. The molecule has 3 aromatic rings. The molecule has 178 valence electrons. The van der Waals surface area contributed by atoms with Crippen LogP contribution in [0.2, 0.25) is 0 Å². The predicted molar refractivity (Wildman–Crippen MR) is 129 cm³/mol. The average Bonchev–Trinajstić information content (AvgIpc) is 3.40. The second kappa shape index (κ2) is 12.5. The van der Waals surface area contributed by atoms with E-state index in [1.807, 2.05) is 37.3 Å². The molecule has 0 saturated carbocycles. The molecule has 0 unspecified atom stereocenters. The smallest absolute Gasteiger partial charge is 0.336 e. The molecule has 0 aliphatic carbocycles. The van der Waals surface area contributed by atoms with Crippen molar-refractivity contribution in [1.82, 2.24) is 5.32 Å². The topological polar surface area (TPSA) is 111 Å². The van der Waals surface area contributed by atoms with Crippen LogP contribution in [0.4, 0.5) is 0 Å². The van der Waals surface area contributed by atoms with Crippen molar-refractivity contribution in [2.75, 3.05) is 13.7 Å². The van der Waals surface area contributed by atoms with Crippen molar-refractivity contribution < 1.29 is 28.2 Å². The molecular weight excluding hydrogens is 448 g/mol. The van der Waals surface area contributed by atoms with Crippen molar-refractivity contribution in [3.63, 3.8) is 0 Å². The summed E-state index contributed by atoms with van der Waals surface area (Å²) in [4.78, 5) is 24.7. The van der Waals surface area contributed by atoms with Crippen LogP contribution in [-0.4, -0.2) is 25.6 Å². The minimum atomic E-state index is -0.604. The Bertz CT molecular complexity index is 1270. The van der Waals surface area contributed by atoms with Gasteiger partial charge in [0.1, 0.15) is 23.2 Å². The summed E-state index contributed by atoms with van der Waals surface area (Å²) in [6.45, 7) is 2.55. The fraction of sp³-hybridized carbons (Fsp3) is 0.148. The van der Waals surface area contributed by atoms with Crippen molar-refractivity contribution in [1.29, 1.82) is 5.26 Å². The number of benzene rings is 2. The molecule has 0 aliphatic rings. The van der Waals surface area contributed by atoms with E-state index in [0.29, 0.717) is 23.7 Å². The van der Waals surface area contributed by atoms with Crippen LogP contribution >= 0.6 is 0 Å². The third-order valence-corrected chi connectivity index (χ3v) is 4.70. The zero-order valence-electron chi connectivity index (χ0n) is 19.3. The number of hydrogen-bond donors (Lipinski definition) is 1. The highest BCUT2D eigenvalue weighted by Gasteiger charge is 2.12. The molecule has 0 bridgehead atoms. The average molecular weight is 472 g/mol. The first-order valence-electron chi connectivity index (χ1n) is 10.8. The molecule has 1 N–H and O–H groups in total. The van der Waals surface area contributed by atoms with E-state index < -0.39 is 11.9 Å². The Hall–Kier alpha value is -4.77. The van der Waals surface area contributed by atoms with Gasteiger partial charge in [0.2, 0.25) is 0 Å². The van der Waals surface area contributed by atoms with Gasteiger partial charge < -0.3 is 23.9 Å². The van der Waals surface area contributed by atoms with E-state index in [1.54, 1.807) is 30.3 Å². The van der Waals surface area contributed by atoms with Gasteiger partial charge in [-0.2, -0.15) is 5.26 Å². The summed E-state index contributed by atoms with van der Waals surface area (Å²) in [7, 11) is 1.43. The molecule has 0 radical (unpaired) electrons. The molecule has 8 nitrogen and oxygen atoms in total. The van der Waals surface area contributed by atoms with Crippen LogP contribution in [0.5, 0.6) is 17.2 Å². The van der Waals surface area contributed by atoms with Gasteiger partial charge in [0.15, 0.2) is 11.5 Å². The number of carbonyl (C=O) groups is 2. The molecule has 3 rings (SSSR count). The highest BCUT2D eigenvalue weighted by molar-refractivity contribution is 6.01. The van der Waals surface area contributed by atoms with Crippen LogP contribution in [0, 0.1) is 11.3 Å². The Balaban J connectivity index is 1.70.